The Bertz CT molecular complexity index is 534. The summed E-state index contributed by atoms with van der Waals surface area (Å²) in [5, 5.41) is 0. The van der Waals surface area contributed by atoms with Crippen molar-refractivity contribution < 1.29 is 9.59 Å². The molecular formula is C17H16O2. The highest BCUT2D eigenvalue weighted by atomic mass is 16.1. The lowest BCUT2D eigenvalue weighted by molar-refractivity contribution is -0.114. The van der Waals surface area contributed by atoms with Gasteiger partial charge in [-0.05, 0) is 0 Å². The molecule has 0 heterocycles. The summed E-state index contributed by atoms with van der Waals surface area (Å²) >= 11 is 0. The smallest absolute Gasteiger partial charge is 0.170 e. The van der Waals surface area contributed by atoms with Crippen molar-refractivity contribution in [2.45, 2.75) is 6.42 Å². The van der Waals surface area contributed by atoms with Crippen LogP contribution in [-0.2, 0) is 4.79 Å². The van der Waals surface area contributed by atoms with Gasteiger partial charge in [0.05, 0.1) is 6.42 Å². The minimum atomic E-state index is -0.230. The Labute approximate surface area is 113 Å². The van der Waals surface area contributed by atoms with E-state index >= 15 is 0 Å². The lowest BCUT2D eigenvalue weighted by atomic mass is 10.0. The molecule has 2 nitrogen and oxygen atoms in total. The van der Waals surface area contributed by atoms with E-state index in [-0.39, 0.29) is 18.0 Å². The van der Waals surface area contributed by atoms with E-state index in [1.165, 1.54) is 6.08 Å². The molecule has 0 saturated carbocycles. The molecule has 1 aromatic rings. The largest absolute Gasteiger partial charge is 0.294 e. The minimum Gasteiger partial charge on any atom is -0.294 e. The van der Waals surface area contributed by atoms with Crippen molar-refractivity contribution in [3.8, 4) is 0 Å². The molecule has 0 aliphatic heterocycles. The van der Waals surface area contributed by atoms with Crippen molar-refractivity contribution in [3.63, 3.8) is 0 Å². The maximum Gasteiger partial charge on any atom is 0.170 e. The molecule has 0 N–H and O–H groups in total. The summed E-state index contributed by atoms with van der Waals surface area (Å²) in [6.45, 7) is 7.10. The van der Waals surface area contributed by atoms with Gasteiger partial charge in [0.2, 0.25) is 0 Å². The first-order chi connectivity index (χ1) is 9.19. The number of carbonyl (C=O) groups is 2. The number of rotatable bonds is 7. The Morgan fingerprint density at radius 2 is 1.74 bits per heavy atom. The molecule has 0 saturated heterocycles. The molecule has 1 aromatic carbocycles. The number of carbonyl (C=O) groups excluding carboxylic acids is 2. The zero-order valence-corrected chi connectivity index (χ0v) is 10.7. The first kappa shape index (κ1) is 14.6. The fourth-order valence-electron chi connectivity index (χ4n) is 1.51. The number of benzene rings is 1. The standard InChI is InChI=1S/C17H16O2/c1-3-5-10-14(9-4-2)16(18)13-17(19)15-11-7-6-8-12-15/h3-12H,1-2,13H2/b10-5-,14-9+. The molecule has 1 rings (SSSR count). The third kappa shape index (κ3) is 4.72. The van der Waals surface area contributed by atoms with Crippen LogP contribution in [0.25, 0.3) is 0 Å². The molecule has 0 aliphatic rings. The molecule has 0 aromatic heterocycles. The minimum absolute atomic E-state index is 0.148. The number of Topliss-reactive ketones (excluding diaryl/α,β-unsaturated/α-hetero) is 2. The molecule has 0 atom stereocenters. The van der Waals surface area contributed by atoms with Gasteiger partial charge in [-0.3, -0.25) is 9.59 Å². The summed E-state index contributed by atoms with van der Waals surface area (Å²) < 4.78 is 0. The Morgan fingerprint density at radius 3 is 2.32 bits per heavy atom. The number of hydrogen-bond donors (Lipinski definition) is 0. The molecule has 0 fully saturated rings. The molecule has 0 amide bonds. The predicted octanol–water partition coefficient (Wildman–Crippen LogP) is 3.68. The molecule has 19 heavy (non-hydrogen) atoms. The Morgan fingerprint density at radius 1 is 1.05 bits per heavy atom. The molecule has 0 unspecified atom stereocenters. The summed E-state index contributed by atoms with van der Waals surface area (Å²) in [5.41, 5.74) is 0.987. The topological polar surface area (TPSA) is 34.1 Å². The molecule has 0 spiro atoms. The van der Waals surface area contributed by atoms with E-state index in [1.807, 2.05) is 6.07 Å². The second-order valence-corrected chi connectivity index (χ2v) is 3.84. The number of hydrogen-bond acceptors (Lipinski definition) is 2. The first-order valence-electron chi connectivity index (χ1n) is 5.92. The van der Waals surface area contributed by atoms with Crippen LogP contribution in [0.1, 0.15) is 16.8 Å². The van der Waals surface area contributed by atoms with Crippen LogP contribution in [0.3, 0.4) is 0 Å². The average molecular weight is 252 g/mol. The fraction of sp³-hybridized carbons (Fsp3) is 0.0588. The Hall–Kier alpha value is -2.48. The average Bonchev–Trinajstić information content (AvgIpc) is 2.44. The lowest BCUT2D eigenvalue weighted by Crippen LogP contribution is -2.09. The van der Waals surface area contributed by atoms with Gasteiger partial charge in [-0.2, -0.15) is 0 Å². The van der Waals surface area contributed by atoms with Gasteiger partial charge in [-0.25, -0.2) is 0 Å². The highest BCUT2D eigenvalue weighted by Crippen LogP contribution is 2.09. The summed E-state index contributed by atoms with van der Waals surface area (Å²) in [6.07, 6.45) is 7.80. The molecule has 2 heteroatoms. The maximum absolute atomic E-state index is 12.0. The van der Waals surface area contributed by atoms with Gasteiger partial charge in [0.1, 0.15) is 0 Å². The van der Waals surface area contributed by atoms with Crippen LogP contribution in [0.15, 0.2) is 79.4 Å². The van der Waals surface area contributed by atoms with Gasteiger partial charge in [0, 0.05) is 11.1 Å². The monoisotopic (exact) mass is 252 g/mol. The van der Waals surface area contributed by atoms with E-state index in [0.29, 0.717) is 11.1 Å². The van der Waals surface area contributed by atoms with E-state index in [0.717, 1.165) is 0 Å². The first-order valence-corrected chi connectivity index (χ1v) is 5.92. The Balaban J connectivity index is 2.80. The molecule has 0 bridgehead atoms. The normalized spacial score (nSPS) is 11.3. The fourth-order valence-corrected chi connectivity index (χ4v) is 1.51. The third-order valence-corrected chi connectivity index (χ3v) is 2.45. The molecular weight excluding hydrogens is 236 g/mol. The van der Waals surface area contributed by atoms with Gasteiger partial charge < -0.3 is 0 Å². The van der Waals surface area contributed by atoms with Crippen molar-refractivity contribution in [1.29, 1.82) is 0 Å². The van der Waals surface area contributed by atoms with Crippen LogP contribution in [0.2, 0.25) is 0 Å². The van der Waals surface area contributed by atoms with Crippen LogP contribution in [-0.4, -0.2) is 11.6 Å². The number of allylic oxidation sites excluding steroid dienone is 6. The van der Waals surface area contributed by atoms with Gasteiger partial charge in [0.15, 0.2) is 11.6 Å². The summed E-state index contributed by atoms with van der Waals surface area (Å²) in [7, 11) is 0. The highest BCUT2D eigenvalue weighted by Gasteiger charge is 2.13. The second kappa shape index (κ2) is 7.77. The third-order valence-electron chi connectivity index (χ3n) is 2.45. The van der Waals surface area contributed by atoms with Gasteiger partial charge >= 0.3 is 0 Å². The van der Waals surface area contributed by atoms with E-state index in [1.54, 1.807) is 48.6 Å². The SMILES string of the molecule is C=C/C=C\C(=C/C=C)C(=O)CC(=O)c1ccccc1. The van der Waals surface area contributed by atoms with Crippen LogP contribution in [0.4, 0.5) is 0 Å². The van der Waals surface area contributed by atoms with Crippen LogP contribution in [0, 0.1) is 0 Å². The zero-order valence-electron chi connectivity index (χ0n) is 10.7. The summed E-state index contributed by atoms with van der Waals surface area (Å²) in [5.74, 6) is -0.417. The quantitative estimate of drug-likeness (QED) is 0.321. The van der Waals surface area contributed by atoms with Gasteiger partial charge in [0.25, 0.3) is 0 Å². The molecule has 0 radical (unpaired) electrons. The maximum atomic E-state index is 12.0. The number of ketones is 2. The van der Waals surface area contributed by atoms with Crippen LogP contribution >= 0.6 is 0 Å². The van der Waals surface area contributed by atoms with Crippen molar-refractivity contribution in [2.24, 2.45) is 0 Å². The lowest BCUT2D eigenvalue weighted by Gasteiger charge is -2.01. The van der Waals surface area contributed by atoms with Crippen molar-refractivity contribution >= 4 is 11.6 Å². The van der Waals surface area contributed by atoms with Gasteiger partial charge in [-0.1, -0.05) is 73.9 Å². The zero-order chi connectivity index (χ0) is 14.1. The van der Waals surface area contributed by atoms with Gasteiger partial charge in [-0.15, -0.1) is 0 Å². The predicted molar refractivity (Wildman–Crippen MR) is 78.0 cm³/mol. The second-order valence-electron chi connectivity index (χ2n) is 3.84. The van der Waals surface area contributed by atoms with E-state index in [2.05, 4.69) is 13.2 Å². The molecule has 0 aliphatic carbocycles. The van der Waals surface area contributed by atoms with Crippen LogP contribution < -0.4 is 0 Å². The van der Waals surface area contributed by atoms with Crippen molar-refractivity contribution in [1.82, 2.24) is 0 Å². The van der Waals surface area contributed by atoms with Crippen molar-refractivity contribution in [2.75, 3.05) is 0 Å². The summed E-state index contributed by atoms with van der Waals surface area (Å²) in [6, 6.07) is 8.78. The molecule has 96 valence electrons. The Kier molecular flexibility index (Phi) is 5.96. The van der Waals surface area contributed by atoms with E-state index in [9.17, 15) is 9.59 Å². The summed E-state index contributed by atoms with van der Waals surface area (Å²) in [4.78, 5) is 23.9. The van der Waals surface area contributed by atoms with E-state index in [4.69, 9.17) is 0 Å². The van der Waals surface area contributed by atoms with Crippen LogP contribution in [0.5, 0.6) is 0 Å². The highest BCUT2D eigenvalue weighted by molar-refractivity contribution is 6.14. The van der Waals surface area contributed by atoms with Crippen molar-refractivity contribution in [3.05, 3.63) is 85.0 Å². The van der Waals surface area contributed by atoms with E-state index < -0.39 is 0 Å².